The summed E-state index contributed by atoms with van der Waals surface area (Å²) in [5, 5.41) is 3.08. The van der Waals surface area contributed by atoms with E-state index < -0.39 is 0 Å². The predicted octanol–water partition coefficient (Wildman–Crippen LogP) is 4.59. The van der Waals surface area contributed by atoms with Crippen molar-refractivity contribution in [3.63, 3.8) is 0 Å². The van der Waals surface area contributed by atoms with Crippen molar-refractivity contribution >= 4 is 32.8 Å². The van der Waals surface area contributed by atoms with E-state index in [0.29, 0.717) is 0 Å². The molecule has 0 saturated carbocycles. The smallest absolute Gasteiger partial charge is 0.139 e. The summed E-state index contributed by atoms with van der Waals surface area (Å²) in [5.74, 6) is 0. The molecule has 4 heterocycles. The largest absolute Gasteiger partial charge is 0.456 e. The number of furan rings is 1. The highest BCUT2D eigenvalue weighted by atomic mass is 16.3. The summed E-state index contributed by atoms with van der Waals surface area (Å²) >= 11 is 0. The maximum Gasteiger partial charge on any atom is 0.139 e. The van der Waals surface area contributed by atoms with Crippen molar-refractivity contribution < 1.29 is 4.42 Å². The number of pyridine rings is 3. The topological polar surface area (TPSA) is 51.8 Å². The molecule has 0 amide bonds. The number of hydrogen-bond donors (Lipinski definition) is 0. The molecule has 23 heavy (non-hydrogen) atoms. The third kappa shape index (κ3) is 1.82. The normalized spacial score (nSPS) is 11.5. The first kappa shape index (κ1) is 12.3. The number of aromatic nitrogens is 3. The van der Waals surface area contributed by atoms with Crippen LogP contribution in [0.15, 0.2) is 71.5 Å². The molecule has 0 saturated heterocycles. The van der Waals surface area contributed by atoms with E-state index in [9.17, 15) is 0 Å². The molecule has 5 rings (SSSR count). The van der Waals surface area contributed by atoms with Crippen LogP contribution in [0, 0.1) is 0 Å². The van der Waals surface area contributed by atoms with Crippen molar-refractivity contribution in [3.8, 4) is 11.4 Å². The first-order chi connectivity index (χ1) is 11.4. The summed E-state index contributed by atoms with van der Waals surface area (Å²) in [6.45, 7) is 0. The van der Waals surface area contributed by atoms with Crippen LogP contribution < -0.4 is 0 Å². The van der Waals surface area contributed by atoms with Gasteiger partial charge in [0.05, 0.1) is 16.6 Å². The number of nitrogens with zero attached hydrogens (tertiary/aromatic N) is 3. The van der Waals surface area contributed by atoms with Crippen LogP contribution in [-0.4, -0.2) is 15.0 Å². The first-order valence-electron chi connectivity index (χ1n) is 7.37. The highest BCUT2D eigenvalue weighted by Crippen LogP contribution is 2.34. The maximum absolute atomic E-state index is 5.92. The van der Waals surface area contributed by atoms with Gasteiger partial charge in [0.1, 0.15) is 16.9 Å². The maximum atomic E-state index is 5.92. The lowest BCUT2D eigenvalue weighted by atomic mass is 10.1. The molecule has 0 bridgehead atoms. The number of hydrogen-bond acceptors (Lipinski definition) is 4. The lowest BCUT2D eigenvalue weighted by molar-refractivity contribution is 0.668. The van der Waals surface area contributed by atoms with E-state index in [0.717, 1.165) is 44.2 Å². The minimum Gasteiger partial charge on any atom is -0.456 e. The van der Waals surface area contributed by atoms with Gasteiger partial charge in [-0.2, -0.15) is 0 Å². The lowest BCUT2D eigenvalue weighted by Crippen LogP contribution is -1.89. The molecular formula is C19H11N3O. The fourth-order valence-electron chi connectivity index (χ4n) is 2.96. The van der Waals surface area contributed by atoms with E-state index in [1.54, 1.807) is 12.4 Å². The summed E-state index contributed by atoms with van der Waals surface area (Å²) in [5.41, 5.74) is 4.27. The second kappa shape index (κ2) is 4.61. The molecule has 5 aromatic rings. The molecular weight excluding hydrogens is 286 g/mol. The van der Waals surface area contributed by atoms with Gasteiger partial charge in [-0.15, -0.1) is 0 Å². The summed E-state index contributed by atoms with van der Waals surface area (Å²) in [4.78, 5) is 13.4. The molecule has 0 atom stereocenters. The zero-order chi connectivity index (χ0) is 15.2. The van der Waals surface area contributed by atoms with Crippen LogP contribution in [0.2, 0.25) is 0 Å². The van der Waals surface area contributed by atoms with Gasteiger partial charge in [-0.3, -0.25) is 9.97 Å². The SMILES string of the molecule is c1ccc2c(c1)oc1ccnc(-c3ccc4cnccc4n3)c12. The standard InChI is InChI=1S/C19H11N3O/c1-2-4-16-13(3-1)18-17(23-16)8-10-21-19(18)15-6-5-12-11-20-9-7-14(12)22-15/h1-11H. The Hall–Kier alpha value is -3.27. The fraction of sp³-hybridized carbons (Fsp3) is 0. The minimum absolute atomic E-state index is 0.827. The third-order valence-electron chi connectivity index (χ3n) is 4.02. The molecule has 4 aromatic heterocycles. The predicted molar refractivity (Wildman–Crippen MR) is 90.0 cm³/mol. The summed E-state index contributed by atoms with van der Waals surface area (Å²) in [6, 6.07) is 15.8. The van der Waals surface area contributed by atoms with Crippen LogP contribution in [0.4, 0.5) is 0 Å². The van der Waals surface area contributed by atoms with Crippen molar-refractivity contribution in [1.29, 1.82) is 0 Å². The van der Waals surface area contributed by atoms with Crippen LogP contribution >= 0.6 is 0 Å². The van der Waals surface area contributed by atoms with Crippen molar-refractivity contribution in [3.05, 3.63) is 67.1 Å². The Bertz CT molecular complexity index is 1180. The second-order valence-corrected chi connectivity index (χ2v) is 5.40. The van der Waals surface area contributed by atoms with Gasteiger partial charge in [-0.05, 0) is 30.3 Å². The van der Waals surface area contributed by atoms with Crippen LogP contribution in [0.1, 0.15) is 0 Å². The van der Waals surface area contributed by atoms with Crippen molar-refractivity contribution in [2.75, 3.05) is 0 Å². The molecule has 0 aliphatic heterocycles. The van der Waals surface area contributed by atoms with E-state index in [1.807, 2.05) is 48.7 Å². The van der Waals surface area contributed by atoms with E-state index in [4.69, 9.17) is 9.40 Å². The van der Waals surface area contributed by atoms with Crippen LogP contribution in [0.3, 0.4) is 0 Å². The van der Waals surface area contributed by atoms with E-state index >= 15 is 0 Å². The Balaban J connectivity index is 1.87. The molecule has 0 radical (unpaired) electrons. The molecule has 4 heteroatoms. The summed E-state index contributed by atoms with van der Waals surface area (Å²) in [7, 11) is 0. The Labute approximate surface area is 131 Å². The molecule has 0 spiro atoms. The monoisotopic (exact) mass is 297 g/mol. The summed E-state index contributed by atoms with van der Waals surface area (Å²) in [6.07, 6.45) is 5.33. The molecule has 0 aliphatic rings. The van der Waals surface area contributed by atoms with Crippen LogP contribution in [0.5, 0.6) is 0 Å². The molecule has 0 N–H and O–H groups in total. The Kier molecular flexibility index (Phi) is 2.46. The average molecular weight is 297 g/mol. The van der Waals surface area contributed by atoms with Gasteiger partial charge >= 0.3 is 0 Å². The number of rotatable bonds is 1. The van der Waals surface area contributed by atoms with Gasteiger partial charge < -0.3 is 4.42 Å². The van der Waals surface area contributed by atoms with Gasteiger partial charge in [0.25, 0.3) is 0 Å². The van der Waals surface area contributed by atoms with Crippen LogP contribution in [0.25, 0.3) is 44.2 Å². The Morgan fingerprint density at radius 3 is 2.78 bits per heavy atom. The van der Waals surface area contributed by atoms with E-state index in [-0.39, 0.29) is 0 Å². The highest BCUT2D eigenvalue weighted by Gasteiger charge is 2.14. The van der Waals surface area contributed by atoms with Gasteiger partial charge in [-0.25, -0.2) is 4.98 Å². The molecule has 0 fully saturated rings. The zero-order valence-corrected chi connectivity index (χ0v) is 12.1. The van der Waals surface area contributed by atoms with Crippen LogP contribution in [-0.2, 0) is 0 Å². The number of fused-ring (bicyclic) bond motifs is 4. The average Bonchev–Trinajstić information content (AvgIpc) is 3.00. The third-order valence-corrected chi connectivity index (χ3v) is 4.02. The zero-order valence-electron chi connectivity index (χ0n) is 12.1. The fourth-order valence-corrected chi connectivity index (χ4v) is 2.96. The quantitative estimate of drug-likeness (QED) is 0.454. The van der Waals surface area contributed by atoms with E-state index in [1.165, 1.54) is 0 Å². The molecule has 108 valence electrons. The first-order valence-corrected chi connectivity index (χ1v) is 7.37. The van der Waals surface area contributed by atoms with Crippen molar-refractivity contribution in [2.45, 2.75) is 0 Å². The Morgan fingerprint density at radius 2 is 1.78 bits per heavy atom. The Morgan fingerprint density at radius 1 is 0.826 bits per heavy atom. The van der Waals surface area contributed by atoms with Gasteiger partial charge in [0.2, 0.25) is 0 Å². The molecule has 0 aliphatic carbocycles. The van der Waals surface area contributed by atoms with Crippen molar-refractivity contribution in [2.24, 2.45) is 0 Å². The minimum atomic E-state index is 0.827. The second-order valence-electron chi connectivity index (χ2n) is 5.40. The molecule has 1 aromatic carbocycles. The highest BCUT2D eigenvalue weighted by molar-refractivity contribution is 6.11. The summed E-state index contributed by atoms with van der Waals surface area (Å²) < 4.78 is 5.92. The molecule has 4 nitrogen and oxygen atoms in total. The number of benzene rings is 1. The van der Waals surface area contributed by atoms with Crippen molar-refractivity contribution in [1.82, 2.24) is 15.0 Å². The molecule has 0 unspecified atom stereocenters. The van der Waals surface area contributed by atoms with E-state index in [2.05, 4.69) is 16.0 Å². The van der Waals surface area contributed by atoms with Gasteiger partial charge in [0.15, 0.2) is 0 Å². The lowest BCUT2D eigenvalue weighted by Gasteiger charge is -2.03. The van der Waals surface area contributed by atoms with Gasteiger partial charge in [-0.1, -0.05) is 18.2 Å². The number of para-hydroxylation sites is 1. The van der Waals surface area contributed by atoms with Gasteiger partial charge in [0, 0.05) is 29.4 Å².